The van der Waals surface area contributed by atoms with E-state index >= 15 is 0 Å². The average Bonchev–Trinajstić information content (AvgIpc) is 2.92. The number of hydrogen-bond donors (Lipinski definition) is 2. The number of aromatic hydroxyl groups is 2. The smallest absolute Gasteiger partial charge is 0.280 e. The highest BCUT2D eigenvalue weighted by Gasteiger charge is 2.15. The Morgan fingerprint density at radius 1 is 1.10 bits per heavy atom. The van der Waals surface area contributed by atoms with E-state index < -0.39 is 11.6 Å². The molecule has 20 heavy (non-hydrogen) atoms. The molecule has 2 aromatic heterocycles. The maximum absolute atomic E-state index is 13.3. The monoisotopic (exact) mass is 273 g/mol. The van der Waals surface area contributed by atoms with Gasteiger partial charge in [-0.15, -0.1) is 0 Å². The van der Waals surface area contributed by atoms with Gasteiger partial charge in [0.1, 0.15) is 5.75 Å². The second-order valence-corrected chi connectivity index (χ2v) is 3.96. The number of benzene rings is 1. The molecule has 0 saturated carbocycles. The number of nitrogens with zero attached hydrogens (tertiary/aromatic N) is 3. The summed E-state index contributed by atoms with van der Waals surface area (Å²) < 4.78 is 18.3. The molecule has 0 aliphatic carbocycles. The molecule has 2 N–H and O–H groups in total. The fourth-order valence-corrected chi connectivity index (χ4v) is 1.64. The maximum Gasteiger partial charge on any atom is 0.280 e. The fraction of sp³-hybridized carbons (Fsp3) is 0. The van der Waals surface area contributed by atoms with Gasteiger partial charge in [0, 0.05) is 11.8 Å². The van der Waals surface area contributed by atoms with Gasteiger partial charge in [-0.1, -0.05) is 5.16 Å². The van der Waals surface area contributed by atoms with Gasteiger partial charge in [-0.2, -0.15) is 4.98 Å². The van der Waals surface area contributed by atoms with Crippen molar-refractivity contribution in [2.24, 2.45) is 0 Å². The van der Waals surface area contributed by atoms with Crippen LogP contribution in [-0.2, 0) is 0 Å². The lowest BCUT2D eigenvalue weighted by molar-refractivity contribution is 0.423. The highest BCUT2D eigenvalue weighted by molar-refractivity contribution is 5.61. The predicted octanol–water partition coefficient (Wildman–Crippen LogP) is 2.35. The van der Waals surface area contributed by atoms with Crippen molar-refractivity contribution in [2.45, 2.75) is 0 Å². The quantitative estimate of drug-likeness (QED) is 0.744. The Bertz CT molecular complexity index is 773. The van der Waals surface area contributed by atoms with Gasteiger partial charge in [-0.05, 0) is 30.3 Å². The lowest BCUT2D eigenvalue weighted by Gasteiger charge is -1.97. The molecule has 3 aromatic rings. The minimum absolute atomic E-state index is 0.0200. The third kappa shape index (κ3) is 2.05. The van der Waals surface area contributed by atoms with E-state index in [4.69, 9.17) is 9.63 Å². The molecule has 6 nitrogen and oxygen atoms in total. The minimum atomic E-state index is -0.783. The van der Waals surface area contributed by atoms with Gasteiger partial charge in [0.15, 0.2) is 17.3 Å². The lowest BCUT2D eigenvalue weighted by atomic mass is 10.2. The normalized spacial score (nSPS) is 10.7. The van der Waals surface area contributed by atoms with Gasteiger partial charge in [0.05, 0.1) is 0 Å². The minimum Gasteiger partial charge on any atom is -0.505 e. The van der Waals surface area contributed by atoms with E-state index in [0.29, 0.717) is 5.56 Å². The molecular formula is C13H8FN3O3. The van der Waals surface area contributed by atoms with Gasteiger partial charge < -0.3 is 14.7 Å². The first-order chi connectivity index (χ1) is 9.65. The number of rotatable bonds is 2. The molecule has 2 heterocycles. The largest absolute Gasteiger partial charge is 0.505 e. The number of aromatic nitrogens is 3. The van der Waals surface area contributed by atoms with Crippen LogP contribution in [0.15, 0.2) is 41.1 Å². The van der Waals surface area contributed by atoms with E-state index in [9.17, 15) is 9.50 Å². The Morgan fingerprint density at radius 2 is 1.95 bits per heavy atom. The molecule has 7 heteroatoms. The summed E-state index contributed by atoms with van der Waals surface area (Å²) in [6, 6.07) is 6.73. The van der Waals surface area contributed by atoms with Crippen LogP contribution in [0, 0.1) is 5.82 Å². The zero-order chi connectivity index (χ0) is 14.1. The second-order valence-electron chi connectivity index (χ2n) is 3.96. The summed E-state index contributed by atoms with van der Waals surface area (Å²) in [4.78, 5) is 7.96. The van der Waals surface area contributed by atoms with Crippen molar-refractivity contribution < 1.29 is 19.1 Å². The Kier molecular flexibility index (Phi) is 2.79. The molecule has 3 rings (SSSR count). The van der Waals surface area contributed by atoms with E-state index in [1.54, 1.807) is 6.07 Å². The summed E-state index contributed by atoms with van der Waals surface area (Å²) in [6.07, 6.45) is 1.47. The zero-order valence-corrected chi connectivity index (χ0v) is 9.99. The highest BCUT2D eigenvalue weighted by Crippen LogP contribution is 2.28. The van der Waals surface area contributed by atoms with Crippen molar-refractivity contribution in [3.05, 3.63) is 42.3 Å². The van der Waals surface area contributed by atoms with Crippen LogP contribution >= 0.6 is 0 Å². The van der Waals surface area contributed by atoms with Crippen LogP contribution in [0.3, 0.4) is 0 Å². The Hall–Kier alpha value is -2.96. The number of halogens is 1. The second kappa shape index (κ2) is 4.61. The number of pyridine rings is 1. The van der Waals surface area contributed by atoms with Crippen molar-refractivity contribution in [3.8, 4) is 34.5 Å². The number of phenols is 1. The summed E-state index contributed by atoms with van der Waals surface area (Å²) in [5.41, 5.74) is 0.483. The summed E-state index contributed by atoms with van der Waals surface area (Å²) >= 11 is 0. The van der Waals surface area contributed by atoms with Crippen LogP contribution in [-0.4, -0.2) is 25.3 Å². The number of hydrogen-bond acceptors (Lipinski definition) is 6. The topological polar surface area (TPSA) is 92.3 Å². The Morgan fingerprint density at radius 3 is 2.70 bits per heavy atom. The maximum atomic E-state index is 13.3. The SMILES string of the molecule is Oc1ccc(-c2noc(-c3ncccc3O)n2)cc1F. The average molecular weight is 273 g/mol. The summed E-state index contributed by atoms with van der Waals surface area (Å²) in [5, 5.41) is 22.5. The molecule has 0 saturated heterocycles. The summed E-state index contributed by atoms with van der Waals surface area (Å²) in [5.74, 6) is -1.19. The first-order valence-corrected chi connectivity index (χ1v) is 5.62. The van der Waals surface area contributed by atoms with E-state index in [2.05, 4.69) is 15.1 Å². The molecule has 0 aliphatic rings. The van der Waals surface area contributed by atoms with Crippen molar-refractivity contribution in [3.63, 3.8) is 0 Å². The zero-order valence-electron chi connectivity index (χ0n) is 9.99. The Labute approximate surface area is 112 Å². The summed E-state index contributed by atoms with van der Waals surface area (Å²) in [6.45, 7) is 0. The molecule has 0 fully saturated rings. The number of phenolic OH excluding ortho intramolecular Hbond substituents is 1. The molecule has 0 bridgehead atoms. The highest BCUT2D eigenvalue weighted by atomic mass is 19.1. The van der Waals surface area contributed by atoms with Gasteiger partial charge in [-0.25, -0.2) is 9.37 Å². The van der Waals surface area contributed by atoms with Gasteiger partial charge in [0.2, 0.25) is 5.82 Å². The molecule has 0 amide bonds. The van der Waals surface area contributed by atoms with Crippen molar-refractivity contribution in [1.82, 2.24) is 15.1 Å². The van der Waals surface area contributed by atoms with Gasteiger partial charge in [0.25, 0.3) is 5.89 Å². The van der Waals surface area contributed by atoms with E-state index in [1.165, 1.54) is 24.4 Å². The molecule has 0 spiro atoms. The van der Waals surface area contributed by atoms with E-state index in [1.807, 2.05) is 0 Å². The molecule has 0 aliphatic heterocycles. The molecule has 0 unspecified atom stereocenters. The van der Waals surface area contributed by atoms with E-state index in [0.717, 1.165) is 6.07 Å². The van der Waals surface area contributed by atoms with E-state index in [-0.39, 0.29) is 23.2 Å². The molecule has 1 aromatic carbocycles. The molecule has 100 valence electrons. The van der Waals surface area contributed by atoms with Crippen LogP contribution in [0.25, 0.3) is 23.0 Å². The van der Waals surface area contributed by atoms with Gasteiger partial charge >= 0.3 is 0 Å². The van der Waals surface area contributed by atoms with Crippen LogP contribution < -0.4 is 0 Å². The summed E-state index contributed by atoms with van der Waals surface area (Å²) in [7, 11) is 0. The van der Waals surface area contributed by atoms with Crippen molar-refractivity contribution in [2.75, 3.05) is 0 Å². The fourth-order valence-electron chi connectivity index (χ4n) is 1.64. The molecular weight excluding hydrogens is 265 g/mol. The van der Waals surface area contributed by atoms with Gasteiger partial charge in [-0.3, -0.25) is 0 Å². The van der Waals surface area contributed by atoms with Crippen LogP contribution in [0.1, 0.15) is 0 Å². The molecule has 0 atom stereocenters. The first-order valence-electron chi connectivity index (χ1n) is 5.62. The standard InChI is InChI=1S/C13H8FN3O3/c14-8-6-7(3-4-9(8)18)12-16-13(20-17-12)11-10(19)2-1-5-15-11/h1-6,18-19H. The van der Waals surface area contributed by atoms with Crippen LogP contribution in [0.5, 0.6) is 11.5 Å². The first kappa shape index (κ1) is 12.1. The predicted molar refractivity (Wildman–Crippen MR) is 66.3 cm³/mol. The van der Waals surface area contributed by atoms with Crippen LogP contribution in [0.2, 0.25) is 0 Å². The Balaban J connectivity index is 2.02. The molecule has 0 radical (unpaired) electrons. The van der Waals surface area contributed by atoms with Crippen molar-refractivity contribution >= 4 is 0 Å². The van der Waals surface area contributed by atoms with Crippen LogP contribution in [0.4, 0.5) is 4.39 Å². The lowest BCUT2D eigenvalue weighted by Crippen LogP contribution is -1.85. The van der Waals surface area contributed by atoms with Crippen molar-refractivity contribution in [1.29, 1.82) is 0 Å². The third-order valence-electron chi connectivity index (χ3n) is 2.62. The third-order valence-corrected chi connectivity index (χ3v) is 2.62.